The number of aryl methyl sites for hydroxylation is 1. The van der Waals surface area contributed by atoms with E-state index in [0.717, 1.165) is 48.6 Å². The van der Waals surface area contributed by atoms with Crippen LogP contribution in [0.3, 0.4) is 0 Å². The summed E-state index contributed by atoms with van der Waals surface area (Å²) in [6.45, 7) is 4.01. The number of nitrogens with two attached hydrogens (primary N) is 1. The topological polar surface area (TPSA) is 84.5 Å². The molecule has 0 spiro atoms. The second-order valence-electron chi connectivity index (χ2n) is 8.51. The van der Waals surface area contributed by atoms with Crippen LogP contribution in [0.25, 0.3) is 0 Å². The van der Waals surface area contributed by atoms with Gasteiger partial charge in [-0.05, 0) is 55.2 Å². The first-order chi connectivity index (χ1) is 16.0. The Balaban J connectivity index is 1.39. The summed E-state index contributed by atoms with van der Waals surface area (Å²) in [6, 6.07) is 13.9. The molecule has 4 heterocycles. The highest BCUT2D eigenvalue weighted by Crippen LogP contribution is 2.27. The van der Waals surface area contributed by atoms with E-state index in [2.05, 4.69) is 27.8 Å². The lowest BCUT2D eigenvalue weighted by Gasteiger charge is -2.22. The predicted octanol–water partition coefficient (Wildman–Crippen LogP) is 2.09. The molecule has 1 atom stereocenters. The Morgan fingerprint density at radius 1 is 1.12 bits per heavy atom. The number of pyridine rings is 2. The van der Waals surface area contributed by atoms with Crippen LogP contribution < -0.4 is 21.2 Å². The highest BCUT2D eigenvalue weighted by atomic mass is 16.1. The van der Waals surface area contributed by atoms with Gasteiger partial charge in [0.2, 0.25) is 5.91 Å². The molecule has 0 aliphatic carbocycles. The number of carbonyl (C=O) groups excluding carboxylic acids is 1. The summed E-state index contributed by atoms with van der Waals surface area (Å²) in [7, 11) is 0. The van der Waals surface area contributed by atoms with E-state index in [9.17, 15) is 9.59 Å². The summed E-state index contributed by atoms with van der Waals surface area (Å²) < 4.78 is 1.66. The molecule has 0 radical (unpaired) electrons. The number of anilines is 2. The fourth-order valence-corrected chi connectivity index (χ4v) is 4.49. The van der Waals surface area contributed by atoms with Gasteiger partial charge in [-0.15, -0.1) is 0 Å². The van der Waals surface area contributed by atoms with Gasteiger partial charge in [0.25, 0.3) is 5.56 Å². The number of amides is 1. The number of fused-ring (bicyclic) bond motifs is 1. The summed E-state index contributed by atoms with van der Waals surface area (Å²) in [5, 5.41) is 2.01. The van der Waals surface area contributed by atoms with Crippen LogP contribution in [0.15, 0.2) is 59.7 Å². The molecule has 1 fully saturated rings. The molecule has 2 aromatic heterocycles. The molecule has 2 aliphatic heterocycles. The molecule has 33 heavy (non-hydrogen) atoms. The minimum absolute atomic E-state index is 0.127. The maximum Gasteiger partial charge on any atom is 0.285 e. The van der Waals surface area contributed by atoms with Crippen molar-refractivity contribution >= 4 is 17.4 Å². The van der Waals surface area contributed by atoms with Crippen molar-refractivity contribution in [2.45, 2.75) is 19.8 Å². The van der Waals surface area contributed by atoms with Crippen molar-refractivity contribution in [3.63, 3.8) is 0 Å². The van der Waals surface area contributed by atoms with Crippen molar-refractivity contribution in [2.75, 3.05) is 29.5 Å². The molecule has 0 saturated carbocycles. The van der Waals surface area contributed by atoms with E-state index in [1.807, 2.05) is 54.5 Å². The average molecular weight is 440 g/mol. The number of rotatable bonds is 3. The summed E-state index contributed by atoms with van der Waals surface area (Å²) in [4.78, 5) is 31.2. The van der Waals surface area contributed by atoms with Crippen molar-refractivity contribution < 1.29 is 4.79 Å². The Hall–Kier alpha value is -4.05. The molecule has 1 amide bonds. The van der Waals surface area contributed by atoms with Gasteiger partial charge in [-0.1, -0.05) is 30.0 Å². The maximum absolute atomic E-state index is 13.3. The number of primary amides is 1. The number of hydrogen-bond acceptors (Lipinski definition) is 5. The fraction of sp³-hybridized carbons (Fsp3) is 0.269. The molecule has 1 unspecified atom stereocenters. The van der Waals surface area contributed by atoms with E-state index in [4.69, 9.17) is 5.73 Å². The molecular formula is C26H25N5O2. The van der Waals surface area contributed by atoms with Gasteiger partial charge in [0.15, 0.2) is 0 Å². The third kappa shape index (κ3) is 3.96. The fourth-order valence-electron chi connectivity index (χ4n) is 4.49. The Labute approximate surface area is 192 Å². The highest BCUT2D eigenvalue weighted by molar-refractivity contribution is 5.78. The lowest BCUT2D eigenvalue weighted by atomic mass is 10.1. The molecule has 3 aromatic rings. The van der Waals surface area contributed by atoms with Crippen LogP contribution in [0.1, 0.15) is 28.7 Å². The Morgan fingerprint density at radius 3 is 2.73 bits per heavy atom. The van der Waals surface area contributed by atoms with Gasteiger partial charge in [-0.3, -0.25) is 14.6 Å². The Morgan fingerprint density at radius 2 is 1.97 bits per heavy atom. The van der Waals surface area contributed by atoms with Gasteiger partial charge < -0.3 is 10.6 Å². The molecule has 1 aromatic carbocycles. The first kappa shape index (κ1) is 20.8. The van der Waals surface area contributed by atoms with Crippen LogP contribution in [-0.4, -0.2) is 35.2 Å². The van der Waals surface area contributed by atoms with Gasteiger partial charge >= 0.3 is 0 Å². The number of para-hydroxylation sites is 1. The Kier molecular flexibility index (Phi) is 5.35. The lowest BCUT2D eigenvalue weighted by Crippen LogP contribution is -2.38. The van der Waals surface area contributed by atoms with Gasteiger partial charge in [-0.2, -0.15) is 0 Å². The summed E-state index contributed by atoms with van der Waals surface area (Å²) >= 11 is 0. The molecule has 0 bridgehead atoms. The number of aromatic nitrogens is 2. The number of hydrogen-bond donors (Lipinski definition) is 1. The number of carbonyl (C=O) groups is 1. The largest absolute Gasteiger partial charge is 0.369 e. The first-order valence-electron chi connectivity index (χ1n) is 11.1. The molecule has 166 valence electrons. The summed E-state index contributed by atoms with van der Waals surface area (Å²) in [6.07, 6.45) is 5.18. The summed E-state index contributed by atoms with van der Waals surface area (Å²) in [5.41, 5.74) is 9.64. The van der Waals surface area contributed by atoms with E-state index >= 15 is 0 Å². The van der Waals surface area contributed by atoms with Crippen LogP contribution >= 0.6 is 0 Å². The van der Waals surface area contributed by atoms with E-state index in [0.29, 0.717) is 12.1 Å². The molecule has 2 aliphatic rings. The van der Waals surface area contributed by atoms with E-state index in [1.165, 1.54) is 5.56 Å². The van der Waals surface area contributed by atoms with Crippen LogP contribution in [0.2, 0.25) is 0 Å². The zero-order valence-electron chi connectivity index (χ0n) is 18.5. The predicted molar refractivity (Wildman–Crippen MR) is 128 cm³/mol. The van der Waals surface area contributed by atoms with Gasteiger partial charge in [-0.25, -0.2) is 9.66 Å². The highest BCUT2D eigenvalue weighted by Gasteiger charge is 2.27. The Bertz CT molecular complexity index is 1330. The second kappa shape index (κ2) is 8.47. The second-order valence-corrected chi connectivity index (χ2v) is 8.51. The smallest absolute Gasteiger partial charge is 0.285 e. The third-order valence-electron chi connectivity index (χ3n) is 6.40. The number of nitrogens with zero attached hydrogens (tertiary/aromatic N) is 4. The minimum Gasteiger partial charge on any atom is -0.369 e. The number of benzene rings is 1. The maximum atomic E-state index is 13.3. The monoisotopic (exact) mass is 439 g/mol. The molecular weight excluding hydrogens is 414 g/mol. The minimum atomic E-state index is -0.263. The van der Waals surface area contributed by atoms with Crippen LogP contribution in [0, 0.1) is 24.7 Å². The van der Waals surface area contributed by atoms with Crippen LogP contribution in [0.5, 0.6) is 0 Å². The zero-order valence-corrected chi connectivity index (χ0v) is 18.5. The van der Waals surface area contributed by atoms with Crippen molar-refractivity contribution in [3.05, 3.63) is 87.5 Å². The molecule has 7 nitrogen and oxygen atoms in total. The molecule has 5 rings (SSSR count). The molecule has 7 heteroatoms. The standard InChI is InChI=1S/C26H25N5O2/c1-18-10-14-31(30-15-12-20-4-2-3-5-23(20)30)26(33)22(18)8-6-19-7-9-24(28-16-19)29-13-11-21(17-29)25(27)32/h2-5,7,9-10,14,16,21H,11-13,15,17H2,1H3,(H2,27,32). The van der Waals surface area contributed by atoms with E-state index in [1.54, 1.807) is 10.9 Å². The van der Waals surface area contributed by atoms with Crippen LogP contribution in [0.4, 0.5) is 11.5 Å². The van der Waals surface area contributed by atoms with Crippen molar-refractivity contribution in [1.29, 1.82) is 0 Å². The lowest BCUT2D eigenvalue weighted by molar-refractivity contribution is -0.121. The average Bonchev–Trinajstić information content (AvgIpc) is 3.48. The zero-order chi connectivity index (χ0) is 22.9. The van der Waals surface area contributed by atoms with E-state index < -0.39 is 0 Å². The van der Waals surface area contributed by atoms with Gasteiger partial charge in [0, 0.05) is 37.6 Å². The third-order valence-corrected chi connectivity index (χ3v) is 6.40. The SMILES string of the molecule is Cc1ccn(N2CCc3ccccc32)c(=O)c1C#Cc1ccc(N2CCC(C(N)=O)C2)nc1. The quantitative estimate of drug-likeness (QED) is 0.632. The van der Waals surface area contributed by atoms with Crippen molar-refractivity contribution in [3.8, 4) is 11.8 Å². The molecule has 2 N–H and O–H groups in total. The van der Waals surface area contributed by atoms with Crippen molar-refractivity contribution in [1.82, 2.24) is 9.66 Å². The van der Waals surface area contributed by atoms with E-state index in [-0.39, 0.29) is 17.4 Å². The van der Waals surface area contributed by atoms with Crippen molar-refractivity contribution in [2.24, 2.45) is 11.7 Å². The van der Waals surface area contributed by atoms with Crippen LogP contribution in [-0.2, 0) is 11.2 Å². The normalized spacial score (nSPS) is 16.9. The van der Waals surface area contributed by atoms with Gasteiger partial charge in [0.05, 0.1) is 17.2 Å². The molecule has 1 saturated heterocycles. The first-order valence-corrected chi connectivity index (χ1v) is 11.1. The summed E-state index contributed by atoms with van der Waals surface area (Å²) in [5.74, 6) is 6.57. The van der Waals surface area contributed by atoms with Gasteiger partial charge in [0.1, 0.15) is 5.82 Å².